The third kappa shape index (κ3) is 3.85. The third-order valence-corrected chi connectivity index (χ3v) is 3.29. The first kappa shape index (κ1) is 18.6. The summed E-state index contributed by atoms with van der Waals surface area (Å²) < 4.78 is 26.1. The van der Waals surface area contributed by atoms with Crippen LogP contribution >= 0.6 is 24.8 Å². The summed E-state index contributed by atoms with van der Waals surface area (Å²) in [6.45, 7) is 1.38. The minimum atomic E-state index is -2.81. The number of alkyl halides is 2. The van der Waals surface area contributed by atoms with Crippen molar-refractivity contribution in [3.63, 3.8) is 0 Å². The lowest BCUT2D eigenvalue weighted by atomic mass is 10.2. The Morgan fingerprint density at radius 2 is 2.14 bits per heavy atom. The van der Waals surface area contributed by atoms with Gasteiger partial charge >= 0.3 is 0 Å². The molecule has 0 bridgehead atoms. The molecule has 2 heterocycles. The largest absolute Gasteiger partial charge is 0.342 e. The molecule has 9 heteroatoms. The Morgan fingerprint density at radius 1 is 1.41 bits per heavy atom. The summed E-state index contributed by atoms with van der Waals surface area (Å²) in [5, 5.41) is 5.17. The summed E-state index contributed by atoms with van der Waals surface area (Å²) in [5.41, 5.74) is 2.15. The summed E-state index contributed by atoms with van der Waals surface area (Å²) >= 11 is 0. The monoisotopic (exact) mass is 352 g/mol. The zero-order valence-corrected chi connectivity index (χ0v) is 13.3. The molecular weight excluding hydrogens is 337 g/mol. The fraction of sp³-hybridized carbons (Fsp3) is 0.385. The van der Waals surface area contributed by atoms with Gasteiger partial charge < -0.3 is 10.3 Å². The van der Waals surface area contributed by atoms with Crippen LogP contribution < -0.4 is 10.6 Å². The molecular formula is C13H16Cl2F2N4O. The minimum absolute atomic E-state index is 0. The van der Waals surface area contributed by atoms with Gasteiger partial charge in [-0.2, -0.15) is 0 Å². The van der Waals surface area contributed by atoms with E-state index in [0.29, 0.717) is 5.69 Å². The predicted molar refractivity (Wildman–Crippen MR) is 85.3 cm³/mol. The Labute approximate surface area is 138 Å². The Kier molecular flexibility index (Phi) is 5.72. The maximum atomic E-state index is 13.0. The summed E-state index contributed by atoms with van der Waals surface area (Å²) in [4.78, 5) is 19.2. The second-order valence-corrected chi connectivity index (χ2v) is 5.04. The molecule has 1 aromatic carbocycles. The first-order chi connectivity index (χ1) is 9.43. The summed E-state index contributed by atoms with van der Waals surface area (Å²) in [6.07, 6.45) is -0.468. The second kappa shape index (κ2) is 6.76. The van der Waals surface area contributed by atoms with E-state index in [1.165, 1.54) is 0 Å². The van der Waals surface area contributed by atoms with Crippen LogP contribution in [0.5, 0.6) is 0 Å². The number of benzene rings is 1. The summed E-state index contributed by atoms with van der Waals surface area (Å²) in [6, 6.07) is 4.35. The minimum Gasteiger partial charge on any atom is -0.342 e. The zero-order chi connectivity index (χ0) is 14.3. The molecule has 1 unspecified atom stereocenters. The first-order valence-electron chi connectivity index (χ1n) is 6.31. The highest BCUT2D eigenvalue weighted by Gasteiger charge is 2.42. The van der Waals surface area contributed by atoms with Gasteiger partial charge in [-0.15, -0.1) is 24.8 Å². The number of aryl methyl sites for hydroxylation is 1. The molecule has 3 N–H and O–H groups in total. The van der Waals surface area contributed by atoms with Crippen molar-refractivity contribution < 1.29 is 13.6 Å². The Hall–Kier alpha value is -1.44. The van der Waals surface area contributed by atoms with Gasteiger partial charge in [-0.25, -0.2) is 13.8 Å². The Bertz CT molecular complexity index is 677. The first-order valence-corrected chi connectivity index (χ1v) is 6.31. The van der Waals surface area contributed by atoms with Crippen LogP contribution in [0.4, 0.5) is 14.5 Å². The van der Waals surface area contributed by atoms with Crippen LogP contribution in [-0.2, 0) is 4.79 Å². The van der Waals surface area contributed by atoms with E-state index >= 15 is 0 Å². The van der Waals surface area contributed by atoms with Crippen LogP contribution in [0, 0.1) is 6.92 Å². The quantitative estimate of drug-likeness (QED) is 0.778. The lowest BCUT2D eigenvalue weighted by molar-refractivity contribution is -0.118. The number of anilines is 1. The molecule has 22 heavy (non-hydrogen) atoms. The molecule has 2 aromatic rings. The molecule has 122 valence electrons. The average Bonchev–Trinajstić information content (AvgIpc) is 2.90. The number of H-pyrrole nitrogens is 1. The maximum Gasteiger partial charge on any atom is 0.262 e. The van der Waals surface area contributed by atoms with Gasteiger partial charge in [0.15, 0.2) is 0 Å². The van der Waals surface area contributed by atoms with Crippen LogP contribution in [0.1, 0.15) is 12.2 Å². The van der Waals surface area contributed by atoms with E-state index in [2.05, 4.69) is 20.6 Å². The number of nitrogens with one attached hydrogen (secondary N) is 3. The smallest absolute Gasteiger partial charge is 0.262 e. The average molecular weight is 353 g/mol. The predicted octanol–water partition coefficient (Wildman–Crippen LogP) is 2.65. The lowest BCUT2D eigenvalue weighted by Crippen LogP contribution is -2.35. The number of rotatable bonds is 2. The van der Waals surface area contributed by atoms with Crippen molar-refractivity contribution in [2.75, 3.05) is 11.9 Å². The van der Waals surface area contributed by atoms with Crippen LogP contribution in [0.2, 0.25) is 0 Å². The number of hydrogen-bond acceptors (Lipinski definition) is 3. The highest BCUT2D eigenvalue weighted by Crippen LogP contribution is 2.26. The van der Waals surface area contributed by atoms with E-state index < -0.39 is 30.8 Å². The SMILES string of the molecule is Cc1nc2ccc(NC(=O)C3CC(F)(F)CN3)cc2[nH]1.Cl.Cl. The maximum absolute atomic E-state index is 13.0. The number of hydrogen-bond donors (Lipinski definition) is 3. The van der Waals surface area contributed by atoms with Crippen molar-refractivity contribution >= 4 is 47.4 Å². The van der Waals surface area contributed by atoms with E-state index in [4.69, 9.17) is 0 Å². The molecule has 1 aromatic heterocycles. The van der Waals surface area contributed by atoms with Crippen molar-refractivity contribution in [2.45, 2.75) is 25.3 Å². The normalized spacial score (nSPS) is 19.3. The number of halogens is 4. The molecule has 1 atom stereocenters. The molecule has 0 saturated carbocycles. The van der Waals surface area contributed by atoms with Gasteiger partial charge in [0.05, 0.1) is 23.6 Å². The van der Waals surface area contributed by atoms with Crippen molar-refractivity contribution in [1.82, 2.24) is 15.3 Å². The highest BCUT2D eigenvalue weighted by atomic mass is 35.5. The standard InChI is InChI=1S/C13H14F2N4O.2ClH/c1-7-17-9-3-2-8(4-10(9)18-7)19-12(20)11-5-13(14,15)6-16-11;;/h2-4,11,16H,5-6H2,1H3,(H,17,18)(H,19,20);2*1H. The molecule has 1 fully saturated rings. The van der Waals surface area contributed by atoms with Crippen LogP contribution in [0.15, 0.2) is 18.2 Å². The zero-order valence-electron chi connectivity index (χ0n) is 11.7. The van der Waals surface area contributed by atoms with E-state index in [-0.39, 0.29) is 24.8 Å². The molecule has 0 spiro atoms. The van der Waals surface area contributed by atoms with E-state index in [9.17, 15) is 13.6 Å². The fourth-order valence-electron chi connectivity index (χ4n) is 2.35. The van der Waals surface area contributed by atoms with Crippen LogP contribution in [0.25, 0.3) is 11.0 Å². The number of carbonyl (C=O) groups excluding carboxylic acids is 1. The molecule has 5 nitrogen and oxygen atoms in total. The molecule has 1 saturated heterocycles. The van der Waals surface area contributed by atoms with Gasteiger partial charge in [0.1, 0.15) is 5.82 Å². The number of nitrogens with zero attached hydrogens (tertiary/aromatic N) is 1. The molecule has 0 aliphatic carbocycles. The molecule has 0 radical (unpaired) electrons. The van der Waals surface area contributed by atoms with Gasteiger partial charge in [-0.05, 0) is 25.1 Å². The van der Waals surface area contributed by atoms with Crippen LogP contribution in [0.3, 0.4) is 0 Å². The van der Waals surface area contributed by atoms with Crippen molar-refractivity contribution in [3.05, 3.63) is 24.0 Å². The van der Waals surface area contributed by atoms with Gasteiger partial charge in [-0.1, -0.05) is 0 Å². The molecule has 1 aliphatic heterocycles. The Morgan fingerprint density at radius 3 is 2.77 bits per heavy atom. The van der Waals surface area contributed by atoms with E-state index in [1.807, 2.05) is 6.92 Å². The Balaban J connectivity index is 0.00000121. The molecule has 1 amide bonds. The number of aromatic amines is 1. The van der Waals surface area contributed by atoms with E-state index in [0.717, 1.165) is 16.9 Å². The van der Waals surface area contributed by atoms with Gasteiger partial charge in [0.25, 0.3) is 5.92 Å². The third-order valence-electron chi connectivity index (χ3n) is 3.29. The van der Waals surface area contributed by atoms with Gasteiger partial charge in [-0.3, -0.25) is 10.1 Å². The van der Waals surface area contributed by atoms with Crippen molar-refractivity contribution in [1.29, 1.82) is 0 Å². The van der Waals surface area contributed by atoms with E-state index in [1.54, 1.807) is 18.2 Å². The molecule has 1 aliphatic rings. The topological polar surface area (TPSA) is 69.8 Å². The number of imidazole rings is 1. The highest BCUT2D eigenvalue weighted by molar-refractivity contribution is 5.96. The van der Waals surface area contributed by atoms with Gasteiger partial charge in [0.2, 0.25) is 5.91 Å². The number of fused-ring (bicyclic) bond motifs is 1. The van der Waals surface area contributed by atoms with Crippen LogP contribution in [-0.4, -0.2) is 34.4 Å². The number of aromatic nitrogens is 2. The number of carbonyl (C=O) groups is 1. The van der Waals surface area contributed by atoms with Gasteiger partial charge in [0, 0.05) is 12.1 Å². The lowest BCUT2D eigenvalue weighted by Gasteiger charge is -2.11. The number of amides is 1. The molecule has 3 rings (SSSR count). The fourth-order valence-corrected chi connectivity index (χ4v) is 2.35. The van der Waals surface area contributed by atoms with Crippen molar-refractivity contribution in [2.24, 2.45) is 0 Å². The van der Waals surface area contributed by atoms with Crippen molar-refractivity contribution in [3.8, 4) is 0 Å². The summed E-state index contributed by atoms with van der Waals surface area (Å²) in [7, 11) is 0. The summed E-state index contributed by atoms with van der Waals surface area (Å²) in [5.74, 6) is -2.48. The second-order valence-electron chi connectivity index (χ2n) is 5.04.